The Morgan fingerprint density at radius 1 is 0.706 bits per heavy atom. The number of ketones is 1. The van der Waals surface area contributed by atoms with Gasteiger partial charge in [-0.05, 0) is 48.5 Å². The van der Waals surface area contributed by atoms with E-state index >= 15 is 0 Å². The summed E-state index contributed by atoms with van der Waals surface area (Å²) >= 11 is 0. The van der Waals surface area contributed by atoms with Gasteiger partial charge in [0, 0.05) is 23.3 Å². The van der Waals surface area contributed by atoms with Crippen molar-refractivity contribution >= 4 is 17.7 Å². The first-order valence-corrected chi connectivity index (χ1v) is 9.83. The number of ether oxygens (including phenoxy) is 5. The van der Waals surface area contributed by atoms with Gasteiger partial charge in [0.2, 0.25) is 13.6 Å². The Kier molecular flexibility index (Phi) is 10.2. The molecule has 2 aromatic rings. The lowest BCUT2D eigenvalue weighted by Crippen LogP contribution is -2.11. The highest BCUT2D eigenvalue weighted by atomic mass is 16.7. The molecule has 0 saturated heterocycles. The van der Waals surface area contributed by atoms with Gasteiger partial charge in [0.25, 0.3) is 0 Å². The molecule has 0 aliphatic rings. The monoisotopic (exact) mass is 462 g/mol. The molecule has 0 fully saturated rings. The first kappa shape index (κ1) is 25.5. The number of esters is 2. The molecule has 8 heteroatoms. The fourth-order valence-corrected chi connectivity index (χ4v) is 2.23. The zero-order chi connectivity index (χ0) is 24.8. The lowest BCUT2D eigenvalue weighted by molar-refractivity contribution is -0.146. The van der Waals surface area contributed by atoms with Crippen LogP contribution >= 0.6 is 0 Å². The van der Waals surface area contributed by atoms with Gasteiger partial charge >= 0.3 is 11.9 Å². The van der Waals surface area contributed by atoms with Crippen LogP contribution in [0.25, 0.3) is 0 Å². The summed E-state index contributed by atoms with van der Waals surface area (Å²) in [5, 5.41) is 0. The van der Waals surface area contributed by atoms with Crippen LogP contribution in [0.5, 0.6) is 17.2 Å². The largest absolute Gasteiger partial charge is 0.485 e. The van der Waals surface area contributed by atoms with Crippen LogP contribution in [0.15, 0.2) is 80.4 Å². The lowest BCUT2D eigenvalue weighted by Gasteiger charge is -2.12. The molecule has 0 aliphatic heterocycles. The minimum atomic E-state index is -0.653. The number of hydrogen-bond donors (Lipinski definition) is 0. The molecule has 0 atom stereocenters. The Morgan fingerprint density at radius 3 is 1.85 bits per heavy atom. The van der Waals surface area contributed by atoms with Crippen molar-refractivity contribution in [2.75, 3.05) is 20.2 Å². The third kappa shape index (κ3) is 8.77. The van der Waals surface area contributed by atoms with Crippen molar-refractivity contribution in [3.63, 3.8) is 0 Å². The maximum absolute atomic E-state index is 11.2. The Morgan fingerprint density at radius 2 is 1.26 bits per heavy atom. The minimum Gasteiger partial charge on any atom is -0.485 e. The molecule has 34 heavy (non-hydrogen) atoms. The standard InChI is InChI=1S/C26H22O8/c1-4-21(27)16-30-22-12-9-19(10-13-22)7-8-20-11-14-23(31-17-33-25(28)5-2)24(15-20)32-18-34-26(29)6-3/h4-6,9-15H,1-3,16-18H2. The second-order valence-corrected chi connectivity index (χ2v) is 6.25. The van der Waals surface area contributed by atoms with Crippen LogP contribution in [0.2, 0.25) is 0 Å². The molecule has 0 N–H and O–H groups in total. The summed E-state index contributed by atoms with van der Waals surface area (Å²) in [6.07, 6.45) is 3.21. The third-order valence-corrected chi connectivity index (χ3v) is 3.92. The predicted octanol–water partition coefficient (Wildman–Crippen LogP) is 3.35. The summed E-state index contributed by atoms with van der Waals surface area (Å²) in [6.45, 7) is 9.16. The molecule has 0 unspecified atom stereocenters. The van der Waals surface area contributed by atoms with Crippen LogP contribution in [0, 0.1) is 11.8 Å². The number of hydrogen-bond acceptors (Lipinski definition) is 8. The number of carbonyl (C=O) groups is 3. The van der Waals surface area contributed by atoms with Gasteiger partial charge in [-0.3, -0.25) is 4.79 Å². The van der Waals surface area contributed by atoms with Crippen molar-refractivity contribution < 1.29 is 38.1 Å². The highest BCUT2D eigenvalue weighted by Crippen LogP contribution is 2.28. The summed E-state index contributed by atoms with van der Waals surface area (Å²) < 4.78 is 25.8. The summed E-state index contributed by atoms with van der Waals surface area (Å²) in [7, 11) is 0. The van der Waals surface area contributed by atoms with Crippen LogP contribution < -0.4 is 14.2 Å². The molecule has 0 spiro atoms. The molecule has 0 radical (unpaired) electrons. The van der Waals surface area contributed by atoms with Gasteiger partial charge in [0.15, 0.2) is 23.9 Å². The van der Waals surface area contributed by atoms with Crippen molar-refractivity contribution in [1.29, 1.82) is 0 Å². The molecule has 2 aromatic carbocycles. The minimum absolute atomic E-state index is 0.0827. The fourth-order valence-electron chi connectivity index (χ4n) is 2.23. The number of rotatable bonds is 12. The highest BCUT2D eigenvalue weighted by Gasteiger charge is 2.09. The van der Waals surface area contributed by atoms with E-state index in [1.807, 2.05) is 0 Å². The first-order valence-electron chi connectivity index (χ1n) is 9.83. The first-order chi connectivity index (χ1) is 16.4. The molecule has 2 rings (SSSR count). The van der Waals surface area contributed by atoms with E-state index in [4.69, 9.17) is 23.7 Å². The highest BCUT2D eigenvalue weighted by molar-refractivity contribution is 5.90. The number of benzene rings is 2. The van der Waals surface area contributed by atoms with Crippen LogP contribution in [-0.2, 0) is 23.9 Å². The van der Waals surface area contributed by atoms with Crippen molar-refractivity contribution in [2.24, 2.45) is 0 Å². The summed E-state index contributed by atoms with van der Waals surface area (Å²) in [6, 6.07) is 11.7. The lowest BCUT2D eigenvalue weighted by atomic mass is 10.1. The van der Waals surface area contributed by atoms with E-state index < -0.39 is 11.9 Å². The van der Waals surface area contributed by atoms with Gasteiger partial charge in [0.1, 0.15) is 5.75 Å². The summed E-state index contributed by atoms with van der Waals surface area (Å²) in [5.74, 6) is 5.46. The fraction of sp³-hybridized carbons (Fsp3) is 0.115. The van der Waals surface area contributed by atoms with Gasteiger partial charge in [-0.25, -0.2) is 9.59 Å². The molecule has 174 valence electrons. The predicted molar refractivity (Wildman–Crippen MR) is 123 cm³/mol. The van der Waals surface area contributed by atoms with Gasteiger partial charge in [-0.2, -0.15) is 0 Å². The summed E-state index contributed by atoms with van der Waals surface area (Å²) in [5.41, 5.74) is 1.29. The Bertz CT molecular complexity index is 1120. The van der Waals surface area contributed by atoms with Crippen molar-refractivity contribution in [3.05, 3.63) is 91.6 Å². The molecule has 0 amide bonds. The van der Waals surface area contributed by atoms with E-state index in [1.54, 1.807) is 42.5 Å². The molecule has 0 saturated carbocycles. The zero-order valence-corrected chi connectivity index (χ0v) is 18.3. The van der Waals surface area contributed by atoms with Crippen molar-refractivity contribution in [1.82, 2.24) is 0 Å². The molecular formula is C26H22O8. The van der Waals surface area contributed by atoms with Crippen molar-refractivity contribution in [3.8, 4) is 29.1 Å². The van der Waals surface area contributed by atoms with E-state index in [0.29, 0.717) is 16.9 Å². The van der Waals surface area contributed by atoms with Gasteiger partial charge < -0.3 is 23.7 Å². The third-order valence-electron chi connectivity index (χ3n) is 3.92. The molecule has 0 aliphatic carbocycles. The molecule has 0 heterocycles. The van der Waals surface area contributed by atoms with E-state index in [0.717, 1.165) is 12.2 Å². The zero-order valence-electron chi connectivity index (χ0n) is 18.3. The van der Waals surface area contributed by atoms with Crippen LogP contribution in [0.4, 0.5) is 0 Å². The SMILES string of the molecule is C=CC(=O)COc1ccc(C#Cc2ccc(OCOC(=O)C=C)c(OCOC(=O)C=C)c2)cc1. The molecule has 8 nitrogen and oxygen atoms in total. The van der Waals surface area contributed by atoms with Gasteiger partial charge in [-0.15, -0.1) is 0 Å². The van der Waals surface area contributed by atoms with Crippen LogP contribution in [0.1, 0.15) is 11.1 Å². The maximum atomic E-state index is 11.2. The molecule has 0 aromatic heterocycles. The van der Waals surface area contributed by atoms with E-state index in [1.165, 1.54) is 6.08 Å². The quantitative estimate of drug-likeness (QED) is 0.205. The Balaban J connectivity index is 2.12. The van der Waals surface area contributed by atoms with Crippen molar-refractivity contribution in [2.45, 2.75) is 0 Å². The number of carbonyl (C=O) groups excluding carboxylic acids is 3. The summed E-state index contributed by atoms with van der Waals surface area (Å²) in [4.78, 5) is 33.7. The molecular weight excluding hydrogens is 440 g/mol. The second kappa shape index (κ2) is 13.6. The van der Waals surface area contributed by atoms with Gasteiger partial charge in [-0.1, -0.05) is 31.6 Å². The molecule has 0 bridgehead atoms. The van der Waals surface area contributed by atoms with E-state index in [-0.39, 0.29) is 37.5 Å². The Hall–Kier alpha value is -4.77. The smallest absolute Gasteiger partial charge is 0.333 e. The van der Waals surface area contributed by atoms with Crippen LogP contribution in [0.3, 0.4) is 0 Å². The average molecular weight is 462 g/mol. The normalized spacial score (nSPS) is 9.41. The van der Waals surface area contributed by atoms with Gasteiger partial charge in [0.05, 0.1) is 0 Å². The Labute approximate surface area is 197 Å². The van der Waals surface area contributed by atoms with Crippen LogP contribution in [-0.4, -0.2) is 37.9 Å². The van der Waals surface area contributed by atoms with E-state index in [9.17, 15) is 14.4 Å². The average Bonchev–Trinajstić information content (AvgIpc) is 2.87. The topological polar surface area (TPSA) is 97.4 Å². The maximum Gasteiger partial charge on any atom is 0.333 e. The van der Waals surface area contributed by atoms with E-state index in [2.05, 4.69) is 31.6 Å². The second-order valence-electron chi connectivity index (χ2n) is 6.25.